The molecule has 50 heavy (non-hydrogen) atoms. The molecular weight excluding hydrogens is 648 g/mol. The number of benzene rings is 3. The average molecular weight is 683 g/mol. The number of Topliss-reactive ketones (excluding diaryl/α,β-unsaturated/α-hetero) is 2. The standard InChI is InChI=1S/C24H26O8.C14H8O4/c1-13(25)17-12-16-18(29-21(26)31-23(2,3)4)14-10-8-9-11-15(14)19(20(16)28-17)30-22(27)32-24(5,6)7;1-7(15)11-6-10-12(16)8-4-2-3-5-9(8)13(17)14(10)18-11/h8-12H,1-7H3;2-6H,1H3. The highest BCUT2D eigenvalue weighted by atomic mass is 16.7. The molecule has 0 N–H and O–H groups in total. The second-order valence-electron chi connectivity index (χ2n) is 13.4. The van der Waals surface area contributed by atoms with Crippen LogP contribution in [0.2, 0.25) is 0 Å². The van der Waals surface area contributed by atoms with Crippen LogP contribution in [-0.2, 0) is 9.47 Å². The van der Waals surface area contributed by atoms with Crippen LogP contribution in [0.3, 0.4) is 0 Å². The minimum Gasteiger partial charge on any atom is -0.449 e. The number of carbonyl (C=O) groups is 6. The first kappa shape index (κ1) is 35.3. The molecule has 12 heteroatoms. The maximum Gasteiger partial charge on any atom is 0.514 e. The Hall–Kier alpha value is -6.04. The number of fused-ring (bicyclic) bond motifs is 4. The maximum atomic E-state index is 12.4. The first-order valence-electron chi connectivity index (χ1n) is 15.5. The molecule has 2 aromatic heterocycles. The van der Waals surface area contributed by atoms with Gasteiger partial charge in [0.1, 0.15) is 11.2 Å². The molecule has 0 fully saturated rings. The minimum absolute atomic E-state index is 0.0124. The number of furan rings is 2. The SMILES string of the molecule is CC(=O)c1cc2c(OC(=O)OC(C)(C)C)c3ccccc3c(OC(=O)OC(C)(C)C)c2o1.CC(=O)c1cc2c(o1)C(=O)c1ccccc1C2=O. The van der Waals surface area contributed by atoms with Gasteiger partial charge in [0.25, 0.3) is 0 Å². The zero-order valence-electron chi connectivity index (χ0n) is 28.7. The normalized spacial score (nSPS) is 12.4. The molecule has 0 unspecified atom stereocenters. The Kier molecular flexibility index (Phi) is 9.25. The van der Waals surface area contributed by atoms with Gasteiger partial charge in [0.05, 0.1) is 10.9 Å². The van der Waals surface area contributed by atoms with Crippen LogP contribution < -0.4 is 9.47 Å². The molecule has 1 aliphatic rings. The monoisotopic (exact) mass is 682 g/mol. The van der Waals surface area contributed by atoms with Crippen molar-refractivity contribution in [1.82, 2.24) is 0 Å². The van der Waals surface area contributed by atoms with Gasteiger partial charge in [0.15, 0.2) is 51.7 Å². The molecule has 258 valence electrons. The van der Waals surface area contributed by atoms with Crippen LogP contribution in [0, 0.1) is 0 Å². The van der Waals surface area contributed by atoms with Gasteiger partial charge in [-0.25, -0.2) is 9.59 Å². The van der Waals surface area contributed by atoms with Gasteiger partial charge in [0.2, 0.25) is 5.78 Å². The van der Waals surface area contributed by atoms with E-state index in [0.717, 1.165) is 0 Å². The van der Waals surface area contributed by atoms with E-state index in [2.05, 4.69) is 0 Å². The number of ether oxygens (including phenoxy) is 4. The van der Waals surface area contributed by atoms with Crippen molar-refractivity contribution in [2.75, 3.05) is 0 Å². The van der Waals surface area contributed by atoms with Crippen molar-refractivity contribution in [3.05, 3.63) is 94.6 Å². The third-order valence-corrected chi connectivity index (χ3v) is 7.04. The van der Waals surface area contributed by atoms with Crippen molar-refractivity contribution in [2.24, 2.45) is 0 Å². The molecular formula is C38H34O12. The molecule has 0 saturated heterocycles. The summed E-state index contributed by atoms with van der Waals surface area (Å²) in [6.07, 6.45) is -1.86. The van der Waals surface area contributed by atoms with E-state index in [1.165, 1.54) is 26.0 Å². The van der Waals surface area contributed by atoms with Gasteiger partial charge in [0, 0.05) is 35.7 Å². The van der Waals surface area contributed by atoms with Crippen molar-refractivity contribution in [2.45, 2.75) is 66.6 Å². The highest BCUT2D eigenvalue weighted by Crippen LogP contribution is 2.45. The second kappa shape index (κ2) is 13.1. The topological polar surface area (TPSA) is 166 Å². The lowest BCUT2D eigenvalue weighted by atomic mass is 9.88. The number of hydrogen-bond acceptors (Lipinski definition) is 12. The van der Waals surface area contributed by atoms with Gasteiger partial charge < -0.3 is 27.8 Å². The van der Waals surface area contributed by atoms with E-state index >= 15 is 0 Å². The van der Waals surface area contributed by atoms with Gasteiger partial charge in [-0.2, -0.15) is 0 Å². The number of carbonyl (C=O) groups excluding carboxylic acids is 6. The summed E-state index contributed by atoms with van der Waals surface area (Å²) in [6, 6.07) is 16.2. The van der Waals surface area contributed by atoms with Crippen molar-refractivity contribution in [1.29, 1.82) is 0 Å². The predicted octanol–water partition coefficient (Wildman–Crippen LogP) is 8.67. The van der Waals surface area contributed by atoms with E-state index < -0.39 is 23.5 Å². The molecule has 12 nitrogen and oxygen atoms in total. The summed E-state index contributed by atoms with van der Waals surface area (Å²) < 4.78 is 32.5. The molecule has 0 atom stereocenters. The van der Waals surface area contributed by atoms with Gasteiger partial charge >= 0.3 is 12.3 Å². The summed E-state index contributed by atoms with van der Waals surface area (Å²) in [6.45, 7) is 12.9. The molecule has 0 amide bonds. The molecule has 0 radical (unpaired) electrons. The fourth-order valence-electron chi connectivity index (χ4n) is 5.02. The van der Waals surface area contributed by atoms with E-state index in [-0.39, 0.29) is 68.4 Å². The van der Waals surface area contributed by atoms with Crippen LogP contribution in [-0.4, -0.2) is 46.6 Å². The smallest absolute Gasteiger partial charge is 0.449 e. The zero-order valence-corrected chi connectivity index (χ0v) is 28.7. The van der Waals surface area contributed by atoms with Gasteiger partial charge in [-0.15, -0.1) is 0 Å². The minimum atomic E-state index is -0.939. The maximum absolute atomic E-state index is 12.4. The Bertz CT molecular complexity index is 2080. The van der Waals surface area contributed by atoms with Crippen LogP contribution in [0.1, 0.15) is 109 Å². The zero-order chi connectivity index (χ0) is 36.7. The molecule has 0 aliphatic heterocycles. The largest absolute Gasteiger partial charge is 0.514 e. The summed E-state index contributed by atoms with van der Waals surface area (Å²) in [4.78, 5) is 72.4. The van der Waals surface area contributed by atoms with E-state index in [9.17, 15) is 28.8 Å². The average Bonchev–Trinajstić information content (AvgIpc) is 3.67. The second-order valence-corrected chi connectivity index (χ2v) is 13.4. The summed E-state index contributed by atoms with van der Waals surface area (Å²) >= 11 is 0. The fraction of sp³-hybridized carbons (Fsp3) is 0.263. The Balaban J connectivity index is 0.000000226. The lowest BCUT2D eigenvalue weighted by Gasteiger charge is -2.20. The highest BCUT2D eigenvalue weighted by Gasteiger charge is 2.34. The van der Waals surface area contributed by atoms with E-state index in [0.29, 0.717) is 21.9 Å². The molecule has 6 rings (SSSR count). The van der Waals surface area contributed by atoms with Gasteiger partial charge in [-0.1, -0.05) is 48.5 Å². The Morgan fingerprint density at radius 3 is 1.54 bits per heavy atom. The van der Waals surface area contributed by atoms with Crippen molar-refractivity contribution in [3.63, 3.8) is 0 Å². The molecule has 3 aromatic carbocycles. The Morgan fingerprint density at radius 2 is 1.02 bits per heavy atom. The Labute approximate surface area is 286 Å². The third-order valence-electron chi connectivity index (χ3n) is 7.04. The molecule has 2 heterocycles. The van der Waals surface area contributed by atoms with Crippen LogP contribution in [0.5, 0.6) is 11.5 Å². The van der Waals surface area contributed by atoms with Crippen LogP contribution in [0.15, 0.2) is 69.5 Å². The summed E-state index contributed by atoms with van der Waals surface area (Å²) in [7, 11) is 0. The van der Waals surface area contributed by atoms with E-state index in [1.807, 2.05) is 0 Å². The lowest BCUT2D eigenvalue weighted by Crippen LogP contribution is -2.26. The van der Waals surface area contributed by atoms with Crippen LogP contribution >= 0.6 is 0 Å². The number of hydrogen-bond donors (Lipinski definition) is 0. The molecule has 1 aliphatic carbocycles. The quantitative estimate of drug-likeness (QED) is 0.0988. The van der Waals surface area contributed by atoms with Gasteiger partial charge in [-0.3, -0.25) is 19.2 Å². The number of rotatable bonds is 4. The lowest BCUT2D eigenvalue weighted by molar-refractivity contribution is 0.0193. The number of ketones is 4. The fourth-order valence-corrected chi connectivity index (χ4v) is 5.02. The predicted molar refractivity (Wildman–Crippen MR) is 179 cm³/mol. The first-order chi connectivity index (χ1) is 23.3. The first-order valence-corrected chi connectivity index (χ1v) is 15.5. The molecule has 5 aromatic rings. The highest BCUT2D eigenvalue weighted by molar-refractivity contribution is 6.27. The summed E-state index contributed by atoms with van der Waals surface area (Å²) in [5.41, 5.74) is -0.640. The van der Waals surface area contributed by atoms with Crippen molar-refractivity contribution >= 4 is 57.2 Å². The molecule has 0 spiro atoms. The van der Waals surface area contributed by atoms with E-state index in [4.69, 9.17) is 27.8 Å². The third kappa shape index (κ3) is 7.34. The van der Waals surface area contributed by atoms with Gasteiger partial charge in [-0.05, 0) is 53.7 Å². The van der Waals surface area contributed by atoms with Crippen LogP contribution in [0.25, 0.3) is 21.7 Å². The Morgan fingerprint density at radius 1 is 0.560 bits per heavy atom. The molecule has 0 saturated carbocycles. The summed E-state index contributed by atoms with van der Waals surface area (Å²) in [5.74, 6) is -1.11. The van der Waals surface area contributed by atoms with Crippen molar-refractivity contribution in [3.8, 4) is 11.5 Å². The molecule has 0 bridgehead atoms. The van der Waals surface area contributed by atoms with Crippen molar-refractivity contribution < 1.29 is 56.5 Å². The van der Waals surface area contributed by atoms with Crippen LogP contribution in [0.4, 0.5) is 9.59 Å². The summed E-state index contributed by atoms with van der Waals surface area (Å²) in [5, 5.41) is 1.16. The van der Waals surface area contributed by atoms with E-state index in [1.54, 1.807) is 90.1 Å².